The van der Waals surface area contributed by atoms with Gasteiger partial charge >= 0.3 is 0 Å². The molecule has 1 atom stereocenters. The summed E-state index contributed by atoms with van der Waals surface area (Å²) < 4.78 is 0. The van der Waals surface area contributed by atoms with Crippen LogP contribution in [0.2, 0.25) is 0 Å². The number of Topliss-reactive ketones (excluding diaryl/α,β-unsaturated/α-hetero) is 1. The second-order valence-electron chi connectivity index (χ2n) is 4.42. The van der Waals surface area contributed by atoms with Crippen LogP contribution < -0.4 is 5.32 Å². The second kappa shape index (κ2) is 7.69. The van der Waals surface area contributed by atoms with Crippen molar-refractivity contribution in [1.29, 1.82) is 0 Å². The van der Waals surface area contributed by atoms with Crippen LogP contribution >= 0.6 is 0 Å². The maximum atomic E-state index is 12.3. The number of ketones is 1. The van der Waals surface area contributed by atoms with E-state index < -0.39 is 0 Å². The second-order valence-corrected chi connectivity index (χ2v) is 4.42. The Morgan fingerprint density at radius 2 is 1.84 bits per heavy atom. The fraction of sp³-hybridized carbons (Fsp3) is 0.467. The zero-order valence-electron chi connectivity index (χ0n) is 11.8. The number of hydrogen-bond acceptors (Lipinski definition) is 3. The Kier molecular flexibility index (Phi) is 6.22. The molecule has 0 fully saturated rings. The minimum absolute atomic E-state index is 0.0444. The van der Waals surface area contributed by atoms with E-state index in [0.29, 0.717) is 18.7 Å². The molecule has 0 aromatic heterocycles. The van der Waals surface area contributed by atoms with Gasteiger partial charge in [-0.3, -0.25) is 14.5 Å². The summed E-state index contributed by atoms with van der Waals surface area (Å²) in [6, 6.07) is 8.89. The molecule has 0 aliphatic rings. The molecular weight excluding hydrogens is 240 g/mol. The largest absolute Gasteiger partial charge is 0.355 e. The highest BCUT2D eigenvalue weighted by atomic mass is 16.2. The summed E-state index contributed by atoms with van der Waals surface area (Å²) in [4.78, 5) is 25.8. The van der Waals surface area contributed by atoms with Gasteiger partial charge in [0.1, 0.15) is 0 Å². The van der Waals surface area contributed by atoms with Gasteiger partial charge in [-0.2, -0.15) is 0 Å². The van der Waals surface area contributed by atoms with E-state index in [4.69, 9.17) is 0 Å². The quantitative estimate of drug-likeness (QED) is 0.761. The molecular formula is C15H22N2O2. The summed E-state index contributed by atoms with van der Waals surface area (Å²) in [5, 5.41) is 2.75. The first-order valence-electron chi connectivity index (χ1n) is 6.70. The standard InChI is InChI=1S/C15H22N2O2/c1-4-16-14(18)11-17(5-2)12(3)15(19)13-9-7-6-8-10-13/h6-10,12H,4-5,11H2,1-3H3,(H,16,18). The van der Waals surface area contributed by atoms with Gasteiger partial charge in [0, 0.05) is 12.1 Å². The predicted octanol–water partition coefficient (Wildman–Crippen LogP) is 1.72. The van der Waals surface area contributed by atoms with Crippen molar-refractivity contribution in [3.8, 4) is 0 Å². The molecule has 4 nitrogen and oxygen atoms in total. The van der Waals surface area contributed by atoms with E-state index in [2.05, 4.69) is 5.32 Å². The van der Waals surface area contributed by atoms with Crippen LogP contribution in [0.1, 0.15) is 31.1 Å². The minimum atomic E-state index is -0.296. The number of benzene rings is 1. The highest BCUT2D eigenvalue weighted by Crippen LogP contribution is 2.08. The number of likely N-dealkylation sites (N-methyl/N-ethyl adjacent to an activating group) is 2. The monoisotopic (exact) mass is 262 g/mol. The minimum Gasteiger partial charge on any atom is -0.355 e. The van der Waals surface area contributed by atoms with Gasteiger partial charge in [0.15, 0.2) is 5.78 Å². The Morgan fingerprint density at radius 1 is 1.21 bits per heavy atom. The van der Waals surface area contributed by atoms with Crippen LogP contribution in [0.15, 0.2) is 30.3 Å². The van der Waals surface area contributed by atoms with Crippen molar-refractivity contribution in [2.75, 3.05) is 19.6 Å². The first-order chi connectivity index (χ1) is 9.10. The number of nitrogens with one attached hydrogen (secondary N) is 1. The normalized spacial score (nSPS) is 12.2. The molecule has 104 valence electrons. The lowest BCUT2D eigenvalue weighted by Gasteiger charge is -2.26. The summed E-state index contributed by atoms with van der Waals surface area (Å²) in [6.45, 7) is 7.21. The SMILES string of the molecule is CCNC(=O)CN(CC)C(C)C(=O)c1ccccc1. The van der Waals surface area contributed by atoms with Gasteiger partial charge in [0.05, 0.1) is 12.6 Å². The van der Waals surface area contributed by atoms with Crippen molar-refractivity contribution < 1.29 is 9.59 Å². The van der Waals surface area contributed by atoms with Crippen LogP contribution in [0, 0.1) is 0 Å². The summed E-state index contributed by atoms with van der Waals surface area (Å²) in [7, 11) is 0. The lowest BCUT2D eigenvalue weighted by Crippen LogP contribution is -2.45. The first kappa shape index (κ1) is 15.4. The predicted molar refractivity (Wildman–Crippen MR) is 76.2 cm³/mol. The average molecular weight is 262 g/mol. The number of amides is 1. The molecule has 0 heterocycles. The molecule has 4 heteroatoms. The number of nitrogens with zero attached hydrogens (tertiary/aromatic N) is 1. The Hall–Kier alpha value is -1.68. The molecule has 0 radical (unpaired) electrons. The van der Waals surface area contributed by atoms with Crippen molar-refractivity contribution in [3.05, 3.63) is 35.9 Å². The third-order valence-electron chi connectivity index (χ3n) is 3.11. The lowest BCUT2D eigenvalue weighted by atomic mass is 10.0. The number of carbonyl (C=O) groups excluding carboxylic acids is 2. The zero-order chi connectivity index (χ0) is 14.3. The van der Waals surface area contributed by atoms with Crippen molar-refractivity contribution in [2.24, 2.45) is 0 Å². The molecule has 0 saturated carbocycles. The smallest absolute Gasteiger partial charge is 0.234 e. The van der Waals surface area contributed by atoms with Crippen molar-refractivity contribution >= 4 is 11.7 Å². The molecule has 0 aliphatic heterocycles. The maximum absolute atomic E-state index is 12.3. The number of hydrogen-bond donors (Lipinski definition) is 1. The third kappa shape index (κ3) is 4.48. The van der Waals surface area contributed by atoms with E-state index in [9.17, 15) is 9.59 Å². The summed E-state index contributed by atoms with van der Waals surface area (Å²) in [6.07, 6.45) is 0. The van der Waals surface area contributed by atoms with Crippen molar-refractivity contribution in [3.63, 3.8) is 0 Å². The molecule has 1 amide bonds. The first-order valence-corrected chi connectivity index (χ1v) is 6.70. The van der Waals surface area contributed by atoms with Crippen LogP contribution in [0.4, 0.5) is 0 Å². The number of carbonyl (C=O) groups is 2. The summed E-state index contributed by atoms with van der Waals surface area (Å²) in [5.41, 5.74) is 0.685. The van der Waals surface area contributed by atoms with Crippen LogP contribution in [-0.2, 0) is 4.79 Å². The van der Waals surface area contributed by atoms with Gasteiger partial charge in [-0.15, -0.1) is 0 Å². The van der Waals surface area contributed by atoms with Gasteiger partial charge in [-0.25, -0.2) is 0 Å². The molecule has 0 bridgehead atoms. The fourth-order valence-electron chi connectivity index (χ4n) is 1.97. The topological polar surface area (TPSA) is 49.4 Å². The van der Waals surface area contributed by atoms with Gasteiger partial charge < -0.3 is 5.32 Å². The maximum Gasteiger partial charge on any atom is 0.234 e. The summed E-state index contributed by atoms with van der Waals surface area (Å²) >= 11 is 0. The van der Waals surface area contributed by atoms with Crippen molar-refractivity contribution in [2.45, 2.75) is 26.8 Å². The third-order valence-corrected chi connectivity index (χ3v) is 3.11. The molecule has 1 rings (SSSR count). The van der Waals surface area contributed by atoms with E-state index in [0.717, 1.165) is 0 Å². The van der Waals surface area contributed by atoms with Crippen LogP contribution in [0.3, 0.4) is 0 Å². The van der Waals surface area contributed by atoms with Crippen LogP contribution in [-0.4, -0.2) is 42.3 Å². The molecule has 0 aliphatic carbocycles. The fourth-order valence-corrected chi connectivity index (χ4v) is 1.97. The highest BCUT2D eigenvalue weighted by molar-refractivity contribution is 6.00. The van der Waals surface area contributed by atoms with Gasteiger partial charge in [0.2, 0.25) is 5.91 Å². The Morgan fingerprint density at radius 3 is 2.37 bits per heavy atom. The molecule has 1 aromatic rings. The molecule has 19 heavy (non-hydrogen) atoms. The molecule has 1 unspecified atom stereocenters. The summed E-state index contributed by atoms with van der Waals surface area (Å²) in [5.74, 6) is 0.00353. The Bertz CT molecular complexity index is 417. The number of rotatable bonds is 7. The Balaban J connectivity index is 2.70. The highest BCUT2D eigenvalue weighted by Gasteiger charge is 2.22. The van der Waals surface area contributed by atoms with Gasteiger partial charge in [-0.05, 0) is 20.4 Å². The Labute approximate surface area is 114 Å². The molecule has 0 spiro atoms. The zero-order valence-corrected chi connectivity index (χ0v) is 11.8. The van der Waals surface area contributed by atoms with E-state index >= 15 is 0 Å². The molecule has 1 N–H and O–H groups in total. The van der Waals surface area contributed by atoms with Gasteiger partial charge in [0.25, 0.3) is 0 Å². The lowest BCUT2D eigenvalue weighted by molar-refractivity contribution is -0.122. The molecule has 0 saturated heterocycles. The van der Waals surface area contributed by atoms with Crippen LogP contribution in [0.5, 0.6) is 0 Å². The van der Waals surface area contributed by atoms with Crippen LogP contribution in [0.25, 0.3) is 0 Å². The molecule has 1 aromatic carbocycles. The van der Waals surface area contributed by atoms with Gasteiger partial charge in [-0.1, -0.05) is 37.3 Å². The van der Waals surface area contributed by atoms with E-state index in [1.54, 1.807) is 12.1 Å². The van der Waals surface area contributed by atoms with E-state index in [-0.39, 0.29) is 24.3 Å². The van der Waals surface area contributed by atoms with E-state index in [1.807, 2.05) is 43.9 Å². The van der Waals surface area contributed by atoms with Crippen molar-refractivity contribution in [1.82, 2.24) is 10.2 Å². The van der Waals surface area contributed by atoms with E-state index in [1.165, 1.54) is 0 Å². The average Bonchev–Trinajstić information content (AvgIpc) is 2.44.